The van der Waals surface area contributed by atoms with Crippen LogP contribution < -0.4 is 16.0 Å². The van der Waals surface area contributed by atoms with Crippen LogP contribution in [0.15, 0.2) is 30.0 Å². The summed E-state index contributed by atoms with van der Waals surface area (Å²) >= 11 is 1.41. The Balaban J connectivity index is 1.19. The van der Waals surface area contributed by atoms with Crippen molar-refractivity contribution in [3.8, 4) is 10.6 Å². The van der Waals surface area contributed by atoms with E-state index in [2.05, 4.69) is 32.9 Å². The maximum absolute atomic E-state index is 12.9. The van der Waals surface area contributed by atoms with Gasteiger partial charge in [-0.15, -0.1) is 11.3 Å². The van der Waals surface area contributed by atoms with Gasteiger partial charge in [0.2, 0.25) is 5.91 Å². The van der Waals surface area contributed by atoms with Crippen LogP contribution in [0.2, 0.25) is 0 Å². The van der Waals surface area contributed by atoms with Gasteiger partial charge in [-0.3, -0.25) is 19.7 Å². The standard InChI is InChI=1S/C28H33N7O3S/c1-17-5-2-3-11-34(17)12-4-10-29-28(38)23-9-8-22(39-23)21-15-24(31-20-6-7-20)35-26(32-21)19(16-30-35)13-18-14-25(36)33-27(18)37/h8-9,13,15-17,20,31H,2-7,10-12,14H2,1H3,(H,29,38)(H,33,36,37)/b18-13+. The molecule has 5 heterocycles. The van der Waals surface area contributed by atoms with Crippen molar-refractivity contribution in [2.24, 2.45) is 0 Å². The maximum Gasteiger partial charge on any atom is 0.261 e. The topological polar surface area (TPSA) is 121 Å². The van der Waals surface area contributed by atoms with E-state index in [1.54, 1.807) is 16.8 Å². The Morgan fingerprint density at radius 1 is 1.23 bits per heavy atom. The number of fused-ring (bicyclic) bond motifs is 1. The van der Waals surface area contributed by atoms with Crippen molar-refractivity contribution < 1.29 is 14.4 Å². The Bertz CT molecular complexity index is 1450. The number of piperidine rings is 1. The van der Waals surface area contributed by atoms with Gasteiger partial charge in [0.15, 0.2) is 5.65 Å². The summed E-state index contributed by atoms with van der Waals surface area (Å²) in [6.07, 6.45) is 10.3. The second kappa shape index (κ2) is 10.9. The molecule has 1 unspecified atom stereocenters. The summed E-state index contributed by atoms with van der Waals surface area (Å²) < 4.78 is 1.73. The third kappa shape index (κ3) is 5.74. The first kappa shape index (κ1) is 25.7. The second-order valence-electron chi connectivity index (χ2n) is 10.7. The number of rotatable bonds is 9. The van der Waals surface area contributed by atoms with Gasteiger partial charge in [0.25, 0.3) is 11.8 Å². The van der Waals surface area contributed by atoms with Crippen LogP contribution in [0.3, 0.4) is 0 Å². The number of nitrogens with one attached hydrogen (secondary N) is 3. The van der Waals surface area contributed by atoms with Crippen LogP contribution >= 0.6 is 11.3 Å². The summed E-state index contributed by atoms with van der Waals surface area (Å²) in [5, 5.41) is 13.4. The van der Waals surface area contributed by atoms with Gasteiger partial charge in [0, 0.05) is 42.4 Å². The molecule has 2 saturated heterocycles. The second-order valence-corrected chi connectivity index (χ2v) is 11.7. The van der Waals surface area contributed by atoms with Crippen molar-refractivity contribution in [3.63, 3.8) is 0 Å². The molecular weight excluding hydrogens is 514 g/mol. The molecule has 3 aromatic rings. The molecule has 3 amide bonds. The minimum absolute atomic E-state index is 0.0451. The zero-order valence-electron chi connectivity index (χ0n) is 22.0. The van der Waals surface area contributed by atoms with Gasteiger partial charge in [-0.1, -0.05) is 6.42 Å². The first-order valence-electron chi connectivity index (χ1n) is 13.8. The molecule has 0 radical (unpaired) electrons. The summed E-state index contributed by atoms with van der Waals surface area (Å²) in [6, 6.07) is 6.74. The first-order chi connectivity index (χ1) is 18.9. The van der Waals surface area contributed by atoms with Gasteiger partial charge in [-0.25, -0.2) is 4.98 Å². The van der Waals surface area contributed by atoms with Crippen LogP contribution in [-0.2, 0) is 9.59 Å². The fraction of sp³-hybridized carbons (Fsp3) is 0.464. The predicted octanol–water partition coefficient (Wildman–Crippen LogP) is 3.46. The first-order valence-corrected chi connectivity index (χ1v) is 14.6. The average molecular weight is 548 g/mol. The summed E-state index contributed by atoms with van der Waals surface area (Å²) in [4.78, 5) is 45.5. The fourth-order valence-corrected chi connectivity index (χ4v) is 6.10. The molecule has 1 saturated carbocycles. The Morgan fingerprint density at radius 3 is 2.87 bits per heavy atom. The molecule has 2 aliphatic heterocycles. The van der Waals surface area contributed by atoms with Crippen molar-refractivity contribution in [3.05, 3.63) is 40.4 Å². The lowest BCUT2D eigenvalue weighted by Gasteiger charge is -2.33. The smallest absolute Gasteiger partial charge is 0.261 e. The van der Waals surface area contributed by atoms with Crippen molar-refractivity contribution in [1.82, 2.24) is 30.1 Å². The molecule has 1 atom stereocenters. The summed E-state index contributed by atoms with van der Waals surface area (Å²) in [5.41, 5.74) is 2.36. The fourth-order valence-electron chi connectivity index (χ4n) is 5.21. The zero-order chi connectivity index (χ0) is 26.9. The van der Waals surface area contributed by atoms with Crippen LogP contribution in [0, 0.1) is 0 Å². The number of hydrogen-bond donors (Lipinski definition) is 3. The number of likely N-dealkylation sites (tertiary alicyclic amines) is 1. The van der Waals surface area contributed by atoms with Crippen molar-refractivity contribution in [2.75, 3.05) is 25.0 Å². The molecule has 0 aromatic carbocycles. The van der Waals surface area contributed by atoms with Gasteiger partial charge < -0.3 is 15.5 Å². The van der Waals surface area contributed by atoms with Gasteiger partial charge in [-0.2, -0.15) is 9.61 Å². The largest absolute Gasteiger partial charge is 0.367 e. The molecule has 10 nitrogen and oxygen atoms in total. The molecule has 204 valence electrons. The van der Waals surface area contributed by atoms with Gasteiger partial charge in [0.1, 0.15) is 5.82 Å². The van der Waals surface area contributed by atoms with Crippen molar-refractivity contribution in [1.29, 1.82) is 0 Å². The van der Waals surface area contributed by atoms with Crippen LogP contribution in [0.4, 0.5) is 5.82 Å². The Hall–Kier alpha value is -3.57. The number of hydrogen-bond acceptors (Lipinski definition) is 8. The molecule has 3 aliphatic rings. The quantitative estimate of drug-likeness (QED) is 0.213. The van der Waals surface area contributed by atoms with E-state index in [4.69, 9.17) is 4.98 Å². The maximum atomic E-state index is 12.9. The van der Waals surface area contributed by atoms with Crippen LogP contribution in [-0.4, -0.2) is 68.9 Å². The number of nitrogens with zero attached hydrogens (tertiary/aromatic N) is 4. The lowest BCUT2D eigenvalue weighted by molar-refractivity contribution is -0.124. The molecule has 1 aliphatic carbocycles. The molecule has 3 aromatic heterocycles. The van der Waals surface area contributed by atoms with Crippen LogP contribution in [0.1, 0.15) is 67.1 Å². The number of thiophene rings is 1. The van der Waals surface area contributed by atoms with E-state index < -0.39 is 0 Å². The average Bonchev–Trinajstić information content (AvgIpc) is 3.29. The Labute approximate surface area is 230 Å². The number of anilines is 1. The molecule has 3 fully saturated rings. The van der Waals surface area contributed by atoms with Gasteiger partial charge in [0.05, 0.1) is 28.1 Å². The highest BCUT2D eigenvalue weighted by Gasteiger charge is 2.26. The summed E-state index contributed by atoms with van der Waals surface area (Å²) in [6.45, 7) is 5.11. The molecular formula is C28H33N7O3S. The third-order valence-corrected chi connectivity index (χ3v) is 8.69. The molecule has 11 heteroatoms. The van der Waals surface area contributed by atoms with E-state index in [0.717, 1.165) is 48.7 Å². The Morgan fingerprint density at radius 2 is 2.10 bits per heavy atom. The SMILES string of the molecule is CC1CCCCN1CCCNC(=O)c1ccc(-c2cc(NC3CC3)n3ncc(/C=C4\CC(=O)NC4=O)c3n2)s1. The monoisotopic (exact) mass is 547 g/mol. The number of carbonyl (C=O) groups is 3. The van der Waals surface area contributed by atoms with Crippen LogP contribution in [0.25, 0.3) is 22.3 Å². The zero-order valence-corrected chi connectivity index (χ0v) is 22.9. The minimum atomic E-state index is -0.383. The number of carbonyl (C=O) groups excluding carboxylic acids is 3. The normalized spacial score (nSPS) is 21.1. The molecule has 0 bridgehead atoms. The number of aromatic nitrogens is 3. The predicted molar refractivity (Wildman–Crippen MR) is 151 cm³/mol. The molecule has 39 heavy (non-hydrogen) atoms. The third-order valence-electron chi connectivity index (χ3n) is 7.58. The lowest BCUT2D eigenvalue weighted by Crippen LogP contribution is -2.39. The summed E-state index contributed by atoms with van der Waals surface area (Å²) in [7, 11) is 0. The van der Waals surface area contributed by atoms with E-state index in [1.165, 1.54) is 30.6 Å². The van der Waals surface area contributed by atoms with E-state index in [1.807, 2.05) is 18.2 Å². The van der Waals surface area contributed by atoms with Gasteiger partial charge in [-0.05, 0) is 63.8 Å². The van der Waals surface area contributed by atoms with E-state index >= 15 is 0 Å². The van der Waals surface area contributed by atoms with Gasteiger partial charge >= 0.3 is 0 Å². The highest BCUT2D eigenvalue weighted by atomic mass is 32.1. The van der Waals surface area contributed by atoms with Crippen molar-refractivity contribution in [2.45, 2.75) is 64.0 Å². The van der Waals surface area contributed by atoms with E-state index in [-0.39, 0.29) is 24.1 Å². The highest BCUT2D eigenvalue weighted by Crippen LogP contribution is 2.32. The summed E-state index contributed by atoms with van der Waals surface area (Å²) in [5.74, 6) is 0.0478. The lowest BCUT2D eigenvalue weighted by atomic mass is 10.0. The molecule has 6 rings (SSSR count). The molecule has 0 spiro atoms. The van der Waals surface area contributed by atoms with E-state index in [0.29, 0.717) is 40.3 Å². The van der Waals surface area contributed by atoms with Crippen LogP contribution in [0.5, 0.6) is 0 Å². The molecule has 3 N–H and O–H groups in total. The number of imide groups is 1. The van der Waals surface area contributed by atoms with E-state index in [9.17, 15) is 14.4 Å². The Kier molecular flexibility index (Phi) is 7.18. The minimum Gasteiger partial charge on any atom is -0.367 e. The number of amides is 3. The highest BCUT2D eigenvalue weighted by molar-refractivity contribution is 7.17. The van der Waals surface area contributed by atoms with Crippen molar-refractivity contribution >= 4 is 46.6 Å².